The van der Waals surface area contributed by atoms with Crippen LogP contribution in [0.25, 0.3) is 0 Å². The fourth-order valence-corrected chi connectivity index (χ4v) is 2.24. The Hall–Kier alpha value is -0.770. The van der Waals surface area contributed by atoms with Gasteiger partial charge in [0.25, 0.3) is 0 Å². The van der Waals surface area contributed by atoms with E-state index in [9.17, 15) is 0 Å². The van der Waals surface area contributed by atoms with E-state index in [1.54, 1.807) is 7.11 Å². The number of hydrogen-bond donors (Lipinski definition) is 1. The number of ether oxygens (including phenoxy) is 2. The van der Waals surface area contributed by atoms with Gasteiger partial charge in [-0.2, -0.15) is 0 Å². The maximum atomic E-state index is 6.25. The first-order valence-electron chi connectivity index (χ1n) is 7.28. The van der Waals surface area contributed by atoms with Crippen LogP contribution in [-0.2, 0) is 11.3 Å². The summed E-state index contributed by atoms with van der Waals surface area (Å²) < 4.78 is 10.8. The van der Waals surface area contributed by atoms with Gasteiger partial charge in [0.2, 0.25) is 0 Å². The molecule has 0 saturated carbocycles. The van der Waals surface area contributed by atoms with Crippen molar-refractivity contribution in [2.45, 2.75) is 33.2 Å². The highest BCUT2D eigenvalue weighted by Gasteiger charge is 2.06. The van der Waals surface area contributed by atoms with Crippen LogP contribution in [0.1, 0.15) is 32.3 Å². The van der Waals surface area contributed by atoms with E-state index in [1.165, 1.54) is 12.8 Å². The van der Waals surface area contributed by atoms with E-state index in [-0.39, 0.29) is 0 Å². The van der Waals surface area contributed by atoms with Crippen molar-refractivity contribution >= 4 is 11.6 Å². The Morgan fingerprint density at radius 2 is 2.15 bits per heavy atom. The summed E-state index contributed by atoms with van der Waals surface area (Å²) in [6.07, 6.45) is 2.36. The molecule has 0 amide bonds. The third-order valence-corrected chi connectivity index (χ3v) is 3.41. The Bertz CT molecular complexity index is 385. The molecule has 1 N–H and O–H groups in total. The van der Waals surface area contributed by atoms with E-state index < -0.39 is 0 Å². The van der Waals surface area contributed by atoms with E-state index in [1.807, 2.05) is 18.2 Å². The van der Waals surface area contributed by atoms with Crippen LogP contribution >= 0.6 is 11.6 Å². The Morgan fingerprint density at radius 1 is 1.35 bits per heavy atom. The van der Waals surface area contributed by atoms with Gasteiger partial charge in [-0.05, 0) is 30.0 Å². The van der Waals surface area contributed by atoms with Gasteiger partial charge in [0.05, 0.1) is 18.2 Å². The molecule has 0 aliphatic carbocycles. The number of benzene rings is 1. The van der Waals surface area contributed by atoms with Crippen LogP contribution in [0.4, 0.5) is 0 Å². The van der Waals surface area contributed by atoms with Gasteiger partial charge in [-0.1, -0.05) is 37.9 Å². The van der Waals surface area contributed by atoms with E-state index in [0.29, 0.717) is 17.5 Å². The Morgan fingerprint density at radius 3 is 2.80 bits per heavy atom. The van der Waals surface area contributed by atoms with Gasteiger partial charge in [-0.25, -0.2) is 0 Å². The Balaban J connectivity index is 2.42. The minimum atomic E-state index is 0.562. The zero-order chi connectivity index (χ0) is 14.8. The molecule has 0 fully saturated rings. The van der Waals surface area contributed by atoms with Crippen molar-refractivity contribution in [2.24, 2.45) is 5.92 Å². The predicted octanol–water partition coefficient (Wildman–Crippen LogP) is 3.89. The summed E-state index contributed by atoms with van der Waals surface area (Å²) in [5.41, 5.74) is 1.15. The first-order valence-corrected chi connectivity index (χ1v) is 7.66. The smallest absolute Gasteiger partial charge is 0.137 e. The van der Waals surface area contributed by atoms with E-state index in [4.69, 9.17) is 21.1 Å². The average molecular weight is 300 g/mol. The normalized spacial score (nSPS) is 12.4. The molecular weight excluding hydrogens is 274 g/mol. The molecule has 0 aromatic heterocycles. The molecule has 0 aliphatic heterocycles. The summed E-state index contributed by atoms with van der Waals surface area (Å²) in [4.78, 5) is 0. The average Bonchev–Trinajstić information content (AvgIpc) is 2.43. The number of hydrogen-bond acceptors (Lipinski definition) is 3. The maximum Gasteiger partial charge on any atom is 0.137 e. The molecule has 114 valence electrons. The molecule has 3 nitrogen and oxygen atoms in total. The van der Waals surface area contributed by atoms with Crippen LogP contribution in [0.15, 0.2) is 18.2 Å². The van der Waals surface area contributed by atoms with Gasteiger partial charge in [-0.15, -0.1) is 0 Å². The summed E-state index contributed by atoms with van der Waals surface area (Å²) in [7, 11) is 1.70. The molecule has 4 heteroatoms. The van der Waals surface area contributed by atoms with Crippen LogP contribution in [0, 0.1) is 5.92 Å². The quantitative estimate of drug-likeness (QED) is 0.665. The lowest BCUT2D eigenvalue weighted by Crippen LogP contribution is -2.18. The van der Waals surface area contributed by atoms with Crippen molar-refractivity contribution in [1.29, 1.82) is 0 Å². The molecule has 1 aromatic carbocycles. The zero-order valence-corrected chi connectivity index (χ0v) is 13.5. The second kappa shape index (κ2) is 10.0. The van der Waals surface area contributed by atoms with E-state index >= 15 is 0 Å². The summed E-state index contributed by atoms with van der Waals surface area (Å²) in [6.45, 7) is 7.44. The predicted molar refractivity (Wildman–Crippen MR) is 84.6 cm³/mol. The summed E-state index contributed by atoms with van der Waals surface area (Å²) in [6, 6.07) is 5.96. The van der Waals surface area contributed by atoms with Crippen LogP contribution < -0.4 is 10.1 Å². The molecule has 0 radical (unpaired) electrons. The molecule has 0 saturated heterocycles. The van der Waals surface area contributed by atoms with Gasteiger partial charge in [-0.3, -0.25) is 0 Å². The lowest BCUT2D eigenvalue weighted by molar-refractivity contribution is 0.199. The lowest BCUT2D eigenvalue weighted by atomic mass is 10.1. The highest BCUT2D eigenvalue weighted by atomic mass is 35.5. The number of nitrogens with one attached hydrogen (secondary N) is 1. The minimum Gasteiger partial charge on any atom is -0.492 e. The topological polar surface area (TPSA) is 30.5 Å². The molecule has 0 aliphatic rings. The van der Waals surface area contributed by atoms with Gasteiger partial charge in [0, 0.05) is 20.2 Å². The van der Waals surface area contributed by atoms with Gasteiger partial charge in [0.15, 0.2) is 0 Å². The van der Waals surface area contributed by atoms with Crippen molar-refractivity contribution in [3.05, 3.63) is 28.8 Å². The van der Waals surface area contributed by atoms with Gasteiger partial charge >= 0.3 is 0 Å². The molecule has 0 spiro atoms. The van der Waals surface area contributed by atoms with Crippen LogP contribution in [0.5, 0.6) is 5.75 Å². The summed E-state index contributed by atoms with van der Waals surface area (Å²) in [5, 5.41) is 3.97. The number of rotatable bonds is 10. The van der Waals surface area contributed by atoms with Crippen LogP contribution in [-0.4, -0.2) is 26.9 Å². The van der Waals surface area contributed by atoms with Crippen molar-refractivity contribution in [3.63, 3.8) is 0 Å². The van der Waals surface area contributed by atoms with Crippen LogP contribution in [0.2, 0.25) is 5.02 Å². The third-order valence-electron chi connectivity index (χ3n) is 3.11. The van der Waals surface area contributed by atoms with Crippen molar-refractivity contribution in [2.75, 3.05) is 26.9 Å². The van der Waals surface area contributed by atoms with Crippen LogP contribution in [0.3, 0.4) is 0 Å². The SMILES string of the molecule is CCCC(C)COc1ccc(CNCCOC)cc1Cl. The zero-order valence-electron chi connectivity index (χ0n) is 12.7. The maximum absolute atomic E-state index is 6.25. The highest BCUT2D eigenvalue weighted by Crippen LogP contribution is 2.26. The third kappa shape index (κ3) is 6.60. The lowest BCUT2D eigenvalue weighted by Gasteiger charge is -2.14. The standard InChI is InChI=1S/C16H26ClNO2/c1-4-5-13(2)12-20-16-7-6-14(10-15(16)17)11-18-8-9-19-3/h6-7,10,13,18H,4-5,8-9,11-12H2,1-3H3. The molecule has 1 unspecified atom stereocenters. The summed E-state index contributed by atoms with van der Waals surface area (Å²) >= 11 is 6.25. The van der Waals surface area contributed by atoms with Gasteiger partial charge in [0.1, 0.15) is 5.75 Å². The minimum absolute atomic E-state index is 0.562. The molecule has 1 aromatic rings. The van der Waals surface area contributed by atoms with E-state index in [2.05, 4.69) is 19.2 Å². The molecule has 0 heterocycles. The Kier molecular flexibility index (Phi) is 8.67. The summed E-state index contributed by atoms with van der Waals surface area (Å²) in [5.74, 6) is 1.33. The number of methoxy groups -OCH3 is 1. The molecule has 0 bridgehead atoms. The largest absolute Gasteiger partial charge is 0.492 e. The van der Waals surface area contributed by atoms with Crippen molar-refractivity contribution < 1.29 is 9.47 Å². The highest BCUT2D eigenvalue weighted by molar-refractivity contribution is 6.32. The number of halogens is 1. The second-order valence-electron chi connectivity index (χ2n) is 5.14. The van der Waals surface area contributed by atoms with E-state index in [0.717, 1.165) is 31.0 Å². The molecule has 20 heavy (non-hydrogen) atoms. The fraction of sp³-hybridized carbons (Fsp3) is 0.625. The fourth-order valence-electron chi connectivity index (χ4n) is 1.99. The molecule has 1 rings (SSSR count). The molecule has 1 atom stereocenters. The monoisotopic (exact) mass is 299 g/mol. The molecular formula is C16H26ClNO2. The first-order chi connectivity index (χ1) is 9.67. The van der Waals surface area contributed by atoms with Crippen molar-refractivity contribution in [3.8, 4) is 5.75 Å². The first kappa shape index (κ1) is 17.3. The second-order valence-corrected chi connectivity index (χ2v) is 5.55. The Labute approximate surface area is 127 Å². The van der Waals surface area contributed by atoms with Crippen molar-refractivity contribution in [1.82, 2.24) is 5.32 Å². The van der Waals surface area contributed by atoms with Gasteiger partial charge < -0.3 is 14.8 Å².